The van der Waals surface area contributed by atoms with Gasteiger partial charge in [0.2, 0.25) is 0 Å². The molecule has 1 saturated heterocycles. The molecule has 2 aromatic rings. The maximum atomic E-state index is 10.5. The topological polar surface area (TPSA) is 169 Å². The van der Waals surface area contributed by atoms with Crippen molar-refractivity contribution in [1.29, 1.82) is 0 Å². The number of nitrogens with zero attached hydrogens (tertiary/aromatic N) is 4. The van der Waals surface area contributed by atoms with E-state index >= 15 is 0 Å². The number of fused-ring (bicyclic) bond motifs is 1. The second-order valence-electron chi connectivity index (χ2n) is 6.96. The summed E-state index contributed by atoms with van der Waals surface area (Å²) in [5, 5.41) is 21.2. The lowest BCUT2D eigenvalue weighted by atomic mass is 10.1. The van der Waals surface area contributed by atoms with Crippen LogP contribution in [-0.2, 0) is 21.1 Å². The molecule has 168 valence electrons. The summed E-state index contributed by atoms with van der Waals surface area (Å²) in [7, 11) is 0. The second kappa shape index (κ2) is 10.2. The van der Waals surface area contributed by atoms with Gasteiger partial charge in [-0.05, 0) is 18.2 Å². The van der Waals surface area contributed by atoms with Gasteiger partial charge in [0.25, 0.3) is 0 Å². The lowest BCUT2D eigenvalue weighted by Gasteiger charge is -2.17. The van der Waals surface area contributed by atoms with E-state index in [0.717, 1.165) is 25.0 Å². The van der Waals surface area contributed by atoms with Crippen molar-refractivity contribution in [3.8, 4) is 0 Å². The number of aliphatic hydroxyl groups is 2. The van der Waals surface area contributed by atoms with Gasteiger partial charge in [0.15, 0.2) is 22.8 Å². The predicted octanol–water partition coefficient (Wildman–Crippen LogP) is 0.926. The number of hydrogen-bond donors (Lipinski definition) is 5. The van der Waals surface area contributed by atoms with Crippen LogP contribution in [0.1, 0.15) is 38.8 Å². The summed E-state index contributed by atoms with van der Waals surface area (Å²) in [5.74, 6) is 1.07. The average Bonchev–Trinajstić information content (AvgIpc) is 3.21. The molecule has 11 nitrogen and oxygen atoms in total. The number of aromatic nitrogens is 4. The molecule has 2 aromatic heterocycles. The number of aliphatic hydroxyl groups excluding tert-OH is 2. The molecule has 0 aliphatic carbocycles. The van der Waals surface area contributed by atoms with Crippen LogP contribution in [0.15, 0.2) is 11.5 Å². The molecule has 0 aromatic carbocycles. The van der Waals surface area contributed by atoms with Gasteiger partial charge in [-0.2, -0.15) is 0 Å². The summed E-state index contributed by atoms with van der Waals surface area (Å²) in [6.45, 7) is -2.15. The van der Waals surface area contributed by atoms with Crippen molar-refractivity contribution >= 4 is 47.3 Å². The number of imidazole rings is 1. The number of unbranched alkanes of at least 4 members (excludes halogenated alkanes) is 3. The van der Waals surface area contributed by atoms with Crippen LogP contribution in [0.2, 0.25) is 0 Å². The molecule has 1 fully saturated rings. The Hall–Kier alpha value is -0.890. The van der Waals surface area contributed by atoms with Gasteiger partial charge in [-0.3, -0.25) is 4.57 Å². The van der Waals surface area contributed by atoms with Gasteiger partial charge in [-0.1, -0.05) is 37.9 Å². The van der Waals surface area contributed by atoms with Crippen molar-refractivity contribution in [1.82, 2.24) is 19.5 Å². The SMILES string of the molecule is CCCCCCSc1nc(N)c2ncn(C3O[C@H](COP(O)(O)=S)[C@@H](O)[C@H]3O)c2n1. The van der Waals surface area contributed by atoms with Crippen molar-refractivity contribution < 1.29 is 29.3 Å². The van der Waals surface area contributed by atoms with Crippen LogP contribution in [0.4, 0.5) is 5.82 Å². The Morgan fingerprint density at radius 2 is 2.03 bits per heavy atom. The molecule has 3 rings (SSSR count). The van der Waals surface area contributed by atoms with Crippen molar-refractivity contribution in [2.75, 3.05) is 18.1 Å². The highest BCUT2D eigenvalue weighted by atomic mass is 32.5. The summed E-state index contributed by atoms with van der Waals surface area (Å²) in [4.78, 5) is 31.4. The Morgan fingerprint density at radius 3 is 2.73 bits per heavy atom. The lowest BCUT2D eigenvalue weighted by Crippen LogP contribution is -2.33. The van der Waals surface area contributed by atoms with Gasteiger partial charge < -0.3 is 35.0 Å². The van der Waals surface area contributed by atoms with Crippen LogP contribution < -0.4 is 5.73 Å². The van der Waals surface area contributed by atoms with Gasteiger partial charge in [-0.15, -0.1) is 0 Å². The van der Waals surface area contributed by atoms with Crippen LogP contribution in [0, 0.1) is 0 Å². The molecule has 0 saturated carbocycles. The van der Waals surface area contributed by atoms with E-state index in [2.05, 4.69) is 33.7 Å². The highest BCUT2D eigenvalue weighted by Crippen LogP contribution is 2.39. The molecule has 0 spiro atoms. The summed E-state index contributed by atoms with van der Waals surface area (Å²) in [5.41, 5.74) is 6.75. The molecule has 1 unspecified atom stereocenters. The van der Waals surface area contributed by atoms with E-state index in [4.69, 9.17) is 15.0 Å². The first-order valence-corrected chi connectivity index (χ1v) is 13.2. The molecule has 30 heavy (non-hydrogen) atoms. The minimum Gasteiger partial charge on any atom is -0.387 e. The summed E-state index contributed by atoms with van der Waals surface area (Å²) in [6.07, 6.45) is 1.22. The van der Waals surface area contributed by atoms with E-state index in [-0.39, 0.29) is 12.4 Å². The largest absolute Gasteiger partial charge is 0.387 e. The maximum Gasteiger partial charge on any atom is 0.321 e. The molecular formula is C16H26N5O6PS2. The van der Waals surface area contributed by atoms with E-state index < -0.39 is 31.3 Å². The molecule has 0 amide bonds. The standard InChI is InChI=1S/C16H26N5O6PS2/c1-2-3-4-5-6-30-16-19-13(17)10-14(20-16)21(8-18-10)15-12(23)11(22)9(27-15)7-26-28(24,25)29/h8-9,11-12,15,22-23H,2-7H2,1H3,(H2,17,19,20)(H2,24,25,29)/t9-,11-,12-,15?/m1/s1. The summed E-state index contributed by atoms with van der Waals surface area (Å²) in [6, 6.07) is 0. The zero-order valence-electron chi connectivity index (χ0n) is 16.4. The number of rotatable bonds is 10. The van der Waals surface area contributed by atoms with Crippen LogP contribution in [-0.4, -0.2) is 70.2 Å². The minimum absolute atomic E-state index is 0.212. The molecular weight excluding hydrogens is 453 g/mol. The van der Waals surface area contributed by atoms with E-state index in [0.29, 0.717) is 16.3 Å². The fourth-order valence-electron chi connectivity index (χ4n) is 3.13. The number of hydrogen-bond acceptors (Lipinski definition) is 10. The molecule has 6 N–H and O–H groups in total. The first kappa shape index (κ1) is 23.8. The number of thioether (sulfide) groups is 1. The van der Waals surface area contributed by atoms with Gasteiger partial charge in [0.05, 0.1) is 12.9 Å². The van der Waals surface area contributed by atoms with Gasteiger partial charge in [-0.25, -0.2) is 15.0 Å². The van der Waals surface area contributed by atoms with Crippen LogP contribution in [0.25, 0.3) is 11.2 Å². The van der Waals surface area contributed by atoms with Crippen molar-refractivity contribution in [2.24, 2.45) is 0 Å². The first-order chi connectivity index (χ1) is 14.2. The number of nitrogen functional groups attached to an aromatic ring is 1. The predicted molar refractivity (Wildman–Crippen MR) is 115 cm³/mol. The highest BCUT2D eigenvalue weighted by Gasteiger charge is 2.45. The van der Waals surface area contributed by atoms with E-state index in [9.17, 15) is 20.0 Å². The van der Waals surface area contributed by atoms with E-state index in [1.54, 1.807) is 0 Å². The molecule has 4 atom stereocenters. The Balaban J connectivity index is 1.77. The maximum absolute atomic E-state index is 10.5. The van der Waals surface area contributed by atoms with Crippen molar-refractivity contribution in [3.05, 3.63) is 6.33 Å². The Labute approximate surface area is 182 Å². The number of nitrogens with two attached hydrogens (primary N) is 1. The summed E-state index contributed by atoms with van der Waals surface area (Å²) < 4.78 is 11.9. The highest BCUT2D eigenvalue weighted by molar-refractivity contribution is 8.06. The van der Waals surface area contributed by atoms with Crippen LogP contribution in [0.3, 0.4) is 0 Å². The second-order valence-corrected chi connectivity index (χ2v) is 10.7. The molecule has 1 aliphatic heterocycles. The normalized spacial score (nSPS) is 24.7. The van der Waals surface area contributed by atoms with Crippen LogP contribution in [0.5, 0.6) is 0 Å². The molecule has 0 bridgehead atoms. The Bertz CT molecular complexity index is 912. The molecule has 1 aliphatic rings. The van der Waals surface area contributed by atoms with Crippen LogP contribution >= 0.6 is 18.5 Å². The smallest absolute Gasteiger partial charge is 0.321 e. The minimum atomic E-state index is -3.91. The average molecular weight is 480 g/mol. The Kier molecular flexibility index (Phi) is 8.04. The first-order valence-electron chi connectivity index (χ1n) is 9.55. The third-order valence-corrected chi connectivity index (χ3v) is 6.41. The third-order valence-electron chi connectivity index (χ3n) is 4.68. The van der Waals surface area contributed by atoms with Crippen molar-refractivity contribution in [3.63, 3.8) is 0 Å². The fourth-order valence-corrected chi connectivity index (χ4v) is 4.50. The zero-order valence-corrected chi connectivity index (χ0v) is 18.9. The number of ether oxygens (including phenoxy) is 1. The monoisotopic (exact) mass is 479 g/mol. The lowest BCUT2D eigenvalue weighted by molar-refractivity contribution is -0.0487. The van der Waals surface area contributed by atoms with Gasteiger partial charge >= 0.3 is 6.72 Å². The third kappa shape index (κ3) is 5.67. The quantitative estimate of drug-likeness (QED) is 0.142. The van der Waals surface area contributed by atoms with E-state index in [1.165, 1.54) is 29.1 Å². The summed E-state index contributed by atoms with van der Waals surface area (Å²) >= 11 is 5.89. The number of anilines is 1. The van der Waals surface area contributed by atoms with Gasteiger partial charge in [0.1, 0.15) is 23.8 Å². The molecule has 14 heteroatoms. The molecule has 3 heterocycles. The van der Waals surface area contributed by atoms with Crippen molar-refractivity contribution in [2.45, 2.75) is 62.3 Å². The molecule has 0 radical (unpaired) electrons. The Morgan fingerprint density at radius 1 is 1.27 bits per heavy atom. The fraction of sp³-hybridized carbons (Fsp3) is 0.688. The van der Waals surface area contributed by atoms with E-state index in [1.807, 2.05) is 0 Å². The van der Waals surface area contributed by atoms with Gasteiger partial charge in [0, 0.05) is 5.75 Å². The zero-order chi connectivity index (χ0) is 21.9.